The summed E-state index contributed by atoms with van der Waals surface area (Å²) in [6, 6.07) is 1.98. The molecule has 0 aliphatic carbocycles. The Bertz CT molecular complexity index is 397. The molecule has 0 fully saturated rings. The zero-order chi connectivity index (χ0) is 10.9. The number of nitrogens with two attached hydrogens (primary N) is 1. The van der Waals surface area contributed by atoms with Gasteiger partial charge in [0, 0.05) is 12.1 Å². The Morgan fingerprint density at radius 1 is 1.21 bits per heavy atom. The van der Waals surface area contributed by atoms with Gasteiger partial charge in [0.25, 0.3) is 5.69 Å². The molecule has 0 aromatic heterocycles. The van der Waals surface area contributed by atoms with Crippen LogP contribution in [0.2, 0.25) is 0 Å². The van der Waals surface area contributed by atoms with Crippen molar-refractivity contribution in [1.82, 2.24) is 0 Å². The van der Waals surface area contributed by atoms with E-state index in [-0.39, 0.29) is 21.5 Å². The highest BCUT2D eigenvalue weighted by atomic mass is 79.9. The molecule has 1 rings (SSSR count). The quantitative estimate of drug-likeness (QED) is 0.496. The molecule has 0 aliphatic heterocycles. The summed E-state index contributed by atoms with van der Waals surface area (Å²) in [6.45, 7) is 0. The van der Waals surface area contributed by atoms with Crippen molar-refractivity contribution >= 4 is 33.0 Å². The number of hydrogen-bond donors (Lipinski definition) is 1. The average molecular weight is 262 g/mol. The SMILES string of the molecule is Nc1cc([N+](=O)[O-])cc(Br)c1[N+](=O)[O-]. The van der Waals surface area contributed by atoms with Gasteiger partial charge in [0.1, 0.15) is 10.2 Å². The molecule has 0 aliphatic rings. The molecule has 0 heterocycles. The smallest absolute Gasteiger partial charge is 0.306 e. The Labute approximate surface area is 85.9 Å². The summed E-state index contributed by atoms with van der Waals surface area (Å²) in [4.78, 5) is 19.4. The number of benzene rings is 1. The van der Waals surface area contributed by atoms with E-state index in [2.05, 4.69) is 15.9 Å². The molecular formula is C6H4BrN3O4. The number of nitrogen functional groups attached to an aromatic ring is 1. The highest BCUT2D eigenvalue weighted by Crippen LogP contribution is 2.34. The van der Waals surface area contributed by atoms with Crippen LogP contribution in [-0.4, -0.2) is 9.85 Å². The number of nitro groups is 2. The van der Waals surface area contributed by atoms with Crippen molar-refractivity contribution in [2.75, 3.05) is 5.73 Å². The third kappa shape index (κ3) is 1.79. The van der Waals surface area contributed by atoms with E-state index in [0.717, 1.165) is 12.1 Å². The predicted octanol–water partition coefficient (Wildman–Crippen LogP) is 1.85. The molecule has 0 unspecified atom stereocenters. The molecule has 0 spiro atoms. The first-order valence-electron chi connectivity index (χ1n) is 3.31. The maximum atomic E-state index is 10.4. The van der Waals surface area contributed by atoms with E-state index in [1.807, 2.05) is 0 Å². The van der Waals surface area contributed by atoms with Crippen LogP contribution in [0.3, 0.4) is 0 Å². The van der Waals surface area contributed by atoms with E-state index in [4.69, 9.17) is 5.73 Å². The minimum atomic E-state index is -0.705. The van der Waals surface area contributed by atoms with Crippen molar-refractivity contribution in [2.45, 2.75) is 0 Å². The van der Waals surface area contributed by atoms with Crippen LogP contribution in [0.25, 0.3) is 0 Å². The van der Waals surface area contributed by atoms with E-state index in [1.165, 1.54) is 0 Å². The van der Waals surface area contributed by atoms with Gasteiger partial charge in [-0.15, -0.1) is 0 Å². The van der Waals surface area contributed by atoms with Gasteiger partial charge in [-0.3, -0.25) is 20.2 Å². The summed E-state index contributed by atoms with van der Waals surface area (Å²) < 4.78 is -0.00537. The normalized spacial score (nSPS) is 9.79. The molecule has 74 valence electrons. The van der Waals surface area contributed by atoms with Crippen LogP contribution in [0.1, 0.15) is 0 Å². The monoisotopic (exact) mass is 261 g/mol. The van der Waals surface area contributed by atoms with Crippen LogP contribution in [0.15, 0.2) is 16.6 Å². The minimum Gasteiger partial charge on any atom is -0.393 e. The first kappa shape index (κ1) is 10.4. The van der Waals surface area contributed by atoms with E-state index >= 15 is 0 Å². The highest BCUT2D eigenvalue weighted by Gasteiger charge is 2.21. The van der Waals surface area contributed by atoms with Gasteiger partial charge in [0.15, 0.2) is 0 Å². The number of anilines is 1. The summed E-state index contributed by atoms with van der Waals surface area (Å²) in [6.07, 6.45) is 0. The van der Waals surface area contributed by atoms with E-state index in [9.17, 15) is 20.2 Å². The molecule has 7 nitrogen and oxygen atoms in total. The maximum absolute atomic E-state index is 10.4. The van der Waals surface area contributed by atoms with Gasteiger partial charge in [-0.1, -0.05) is 0 Å². The van der Waals surface area contributed by atoms with Crippen LogP contribution in [0.4, 0.5) is 17.1 Å². The van der Waals surface area contributed by atoms with Gasteiger partial charge in [0.05, 0.1) is 9.85 Å². The lowest BCUT2D eigenvalue weighted by Gasteiger charge is -1.99. The maximum Gasteiger partial charge on any atom is 0.306 e. The van der Waals surface area contributed by atoms with Crippen molar-refractivity contribution in [2.24, 2.45) is 0 Å². The summed E-state index contributed by atoms with van der Waals surface area (Å²) in [5.74, 6) is 0. The van der Waals surface area contributed by atoms with Gasteiger partial charge in [-0.05, 0) is 15.9 Å². The molecule has 0 atom stereocenters. The number of non-ortho nitro benzene ring substituents is 1. The lowest BCUT2D eigenvalue weighted by molar-refractivity contribution is -0.389. The first-order chi connectivity index (χ1) is 6.43. The molecule has 0 saturated heterocycles. The fourth-order valence-corrected chi connectivity index (χ4v) is 1.51. The van der Waals surface area contributed by atoms with Gasteiger partial charge < -0.3 is 5.73 Å². The molecule has 0 radical (unpaired) electrons. The Morgan fingerprint density at radius 2 is 1.79 bits per heavy atom. The van der Waals surface area contributed by atoms with Crippen molar-refractivity contribution < 1.29 is 9.85 Å². The van der Waals surface area contributed by atoms with E-state index in [1.54, 1.807) is 0 Å². The topological polar surface area (TPSA) is 112 Å². The first-order valence-corrected chi connectivity index (χ1v) is 4.10. The third-order valence-electron chi connectivity index (χ3n) is 1.47. The number of halogens is 1. The van der Waals surface area contributed by atoms with E-state index in [0.29, 0.717) is 0 Å². The van der Waals surface area contributed by atoms with Gasteiger partial charge >= 0.3 is 5.69 Å². The largest absolute Gasteiger partial charge is 0.393 e. The third-order valence-corrected chi connectivity index (χ3v) is 2.08. The lowest BCUT2D eigenvalue weighted by Crippen LogP contribution is -1.98. The zero-order valence-corrected chi connectivity index (χ0v) is 8.22. The molecule has 0 amide bonds. The van der Waals surface area contributed by atoms with Crippen molar-refractivity contribution in [3.63, 3.8) is 0 Å². The minimum absolute atomic E-state index is 0.00537. The molecule has 14 heavy (non-hydrogen) atoms. The fourth-order valence-electron chi connectivity index (χ4n) is 0.903. The average Bonchev–Trinajstić information content (AvgIpc) is 2.01. The Balaban J connectivity index is 3.39. The predicted molar refractivity (Wildman–Crippen MR) is 51.9 cm³/mol. The van der Waals surface area contributed by atoms with Crippen LogP contribution in [-0.2, 0) is 0 Å². The molecule has 1 aromatic carbocycles. The van der Waals surface area contributed by atoms with E-state index < -0.39 is 9.85 Å². The van der Waals surface area contributed by atoms with Crippen molar-refractivity contribution in [1.29, 1.82) is 0 Å². The molecule has 8 heteroatoms. The van der Waals surface area contributed by atoms with Gasteiger partial charge in [-0.25, -0.2) is 0 Å². The lowest BCUT2D eigenvalue weighted by atomic mass is 10.2. The second kappa shape index (κ2) is 3.58. The van der Waals surface area contributed by atoms with Crippen molar-refractivity contribution in [3.8, 4) is 0 Å². The molecule has 1 aromatic rings. The molecule has 0 bridgehead atoms. The summed E-state index contributed by atoms with van der Waals surface area (Å²) in [5.41, 5.74) is 4.39. The number of nitrogens with zero attached hydrogens (tertiary/aromatic N) is 2. The van der Waals surface area contributed by atoms with Crippen molar-refractivity contribution in [3.05, 3.63) is 36.8 Å². The fraction of sp³-hybridized carbons (Fsp3) is 0. The summed E-state index contributed by atoms with van der Waals surface area (Å²) in [7, 11) is 0. The second-order valence-corrected chi connectivity index (χ2v) is 3.23. The van der Waals surface area contributed by atoms with Crippen LogP contribution >= 0.6 is 15.9 Å². The molecule has 2 N–H and O–H groups in total. The number of hydrogen-bond acceptors (Lipinski definition) is 5. The second-order valence-electron chi connectivity index (χ2n) is 2.38. The zero-order valence-electron chi connectivity index (χ0n) is 6.64. The molecular weight excluding hydrogens is 258 g/mol. The van der Waals surface area contributed by atoms with Crippen LogP contribution < -0.4 is 5.73 Å². The number of rotatable bonds is 2. The highest BCUT2D eigenvalue weighted by molar-refractivity contribution is 9.10. The summed E-state index contributed by atoms with van der Waals surface area (Å²) in [5, 5.41) is 20.8. The Kier molecular flexibility index (Phi) is 2.65. The summed E-state index contributed by atoms with van der Waals surface area (Å²) >= 11 is 2.84. The molecule has 0 saturated carbocycles. The Morgan fingerprint density at radius 3 is 2.14 bits per heavy atom. The van der Waals surface area contributed by atoms with Crippen LogP contribution in [0, 0.1) is 20.2 Å². The standard InChI is InChI=1S/C6H4BrN3O4/c7-4-1-3(9(11)12)2-5(8)6(4)10(13)14/h1-2H,8H2. The number of nitro benzene ring substituents is 2. The van der Waals surface area contributed by atoms with Gasteiger partial charge in [0.2, 0.25) is 0 Å². The Hall–Kier alpha value is -1.70. The van der Waals surface area contributed by atoms with Gasteiger partial charge in [-0.2, -0.15) is 0 Å². The van der Waals surface area contributed by atoms with Crippen LogP contribution in [0.5, 0.6) is 0 Å².